The maximum atomic E-state index is 13.1. The summed E-state index contributed by atoms with van der Waals surface area (Å²) in [5.74, 6) is -0.862. The largest absolute Gasteiger partial charge is 0.434 e. The van der Waals surface area contributed by atoms with E-state index in [1.807, 2.05) is 0 Å². The summed E-state index contributed by atoms with van der Waals surface area (Å²) in [6, 6.07) is 4.47. The van der Waals surface area contributed by atoms with E-state index in [4.69, 9.17) is 0 Å². The van der Waals surface area contributed by atoms with E-state index in [1.54, 1.807) is 6.07 Å². The second-order valence-corrected chi connectivity index (χ2v) is 3.58. The molecule has 2 aromatic rings. The van der Waals surface area contributed by atoms with Gasteiger partial charge in [-0.25, -0.2) is 9.67 Å². The van der Waals surface area contributed by atoms with E-state index >= 15 is 0 Å². The Bertz CT molecular complexity index is 592. The summed E-state index contributed by atoms with van der Waals surface area (Å²) in [5.41, 5.74) is -1.69. The molecule has 0 aliphatic rings. The maximum Gasteiger partial charge on any atom is 0.434 e. The van der Waals surface area contributed by atoms with Gasteiger partial charge in [0, 0.05) is 13.2 Å². The number of carbonyl (C=O) groups is 1. The lowest BCUT2D eigenvalue weighted by Gasteiger charge is -2.11. The Morgan fingerprint density at radius 2 is 2.11 bits per heavy atom. The first kappa shape index (κ1) is 13.1. The molecule has 0 atom stereocenters. The zero-order valence-electron chi connectivity index (χ0n) is 9.77. The third-order valence-corrected chi connectivity index (χ3v) is 2.38. The fourth-order valence-corrected chi connectivity index (χ4v) is 1.57. The third kappa shape index (κ3) is 2.42. The monoisotopic (exact) mass is 270 g/mol. The standard InChI is InChI=1S/C11H9F3N4O/c1-15-10(19)7-6-17-18(9(7)11(12,13)14)8-4-2-3-5-16-8/h2-6H,1H3,(H,15,19). The van der Waals surface area contributed by atoms with Crippen LogP contribution in [0.15, 0.2) is 30.6 Å². The smallest absolute Gasteiger partial charge is 0.355 e. The number of amides is 1. The van der Waals surface area contributed by atoms with Gasteiger partial charge in [-0.05, 0) is 12.1 Å². The van der Waals surface area contributed by atoms with Crippen molar-refractivity contribution in [1.29, 1.82) is 0 Å². The molecule has 1 N–H and O–H groups in total. The Labute approximate surface area is 106 Å². The molecular formula is C11H9F3N4O. The van der Waals surface area contributed by atoms with Crippen LogP contribution >= 0.6 is 0 Å². The Morgan fingerprint density at radius 3 is 2.63 bits per heavy atom. The van der Waals surface area contributed by atoms with Gasteiger partial charge in [0.15, 0.2) is 11.5 Å². The molecule has 0 aliphatic carbocycles. The van der Waals surface area contributed by atoms with Gasteiger partial charge in [-0.3, -0.25) is 4.79 Å². The lowest BCUT2D eigenvalue weighted by atomic mass is 10.2. The molecule has 1 amide bonds. The van der Waals surface area contributed by atoms with Gasteiger partial charge in [0.2, 0.25) is 0 Å². The second-order valence-electron chi connectivity index (χ2n) is 3.58. The van der Waals surface area contributed by atoms with Gasteiger partial charge in [-0.2, -0.15) is 18.3 Å². The fourth-order valence-electron chi connectivity index (χ4n) is 1.57. The molecule has 0 aromatic carbocycles. The fraction of sp³-hybridized carbons (Fsp3) is 0.182. The highest BCUT2D eigenvalue weighted by Crippen LogP contribution is 2.33. The molecule has 0 aliphatic heterocycles. The Hall–Kier alpha value is -2.38. The predicted octanol–water partition coefficient (Wildman–Crippen LogP) is 1.65. The van der Waals surface area contributed by atoms with Crippen LogP contribution in [0.25, 0.3) is 5.82 Å². The van der Waals surface area contributed by atoms with Crippen LogP contribution in [0.3, 0.4) is 0 Å². The van der Waals surface area contributed by atoms with E-state index in [-0.39, 0.29) is 5.82 Å². The molecular weight excluding hydrogens is 261 g/mol. The van der Waals surface area contributed by atoms with Gasteiger partial charge < -0.3 is 5.32 Å². The molecule has 0 spiro atoms. The van der Waals surface area contributed by atoms with Gasteiger partial charge in [-0.15, -0.1) is 0 Å². The van der Waals surface area contributed by atoms with E-state index in [9.17, 15) is 18.0 Å². The summed E-state index contributed by atoms with van der Waals surface area (Å²) >= 11 is 0. The Morgan fingerprint density at radius 1 is 1.37 bits per heavy atom. The number of carbonyl (C=O) groups excluding carboxylic acids is 1. The van der Waals surface area contributed by atoms with E-state index < -0.39 is 23.3 Å². The van der Waals surface area contributed by atoms with Crippen molar-refractivity contribution in [3.05, 3.63) is 41.9 Å². The van der Waals surface area contributed by atoms with E-state index in [1.165, 1.54) is 25.4 Å². The molecule has 2 rings (SSSR count). The topological polar surface area (TPSA) is 59.8 Å². The first-order valence-corrected chi connectivity index (χ1v) is 5.24. The Kier molecular flexibility index (Phi) is 3.24. The lowest BCUT2D eigenvalue weighted by molar-refractivity contribution is -0.143. The summed E-state index contributed by atoms with van der Waals surface area (Å²) in [6.45, 7) is 0. The molecule has 19 heavy (non-hydrogen) atoms. The van der Waals surface area contributed by atoms with Crippen molar-refractivity contribution in [2.75, 3.05) is 7.05 Å². The lowest BCUT2D eigenvalue weighted by Crippen LogP contribution is -2.23. The number of aromatic nitrogens is 3. The summed E-state index contributed by atoms with van der Waals surface area (Å²) < 4.78 is 39.8. The van der Waals surface area contributed by atoms with Crippen molar-refractivity contribution in [2.24, 2.45) is 0 Å². The Balaban J connectivity index is 2.64. The number of hydrogen-bond acceptors (Lipinski definition) is 3. The molecule has 2 aromatic heterocycles. The van der Waals surface area contributed by atoms with Crippen LogP contribution in [-0.2, 0) is 6.18 Å². The number of nitrogens with zero attached hydrogens (tertiary/aromatic N) is 3. The molecule has 5 nitrogen and oxygen atoms in total. The highest BCUT2D eigenvalue weighted by Gasteiger charge is 2.40. The molecule has 0 saturated carbocycles. The summed E-state index contributed by atoms with van der Waals surface area (Å²) in [6.07, 6.45) is -2.50. The molecule has 0 saturated heterocycles. The zero-order valence-corrected chi connectivity index (χ0v) is 9.77. The van der Waals surface area contributed by atoms with Gasteiger partial charge in [-0.1, -0.05) is 6.07 Å². The molecule has 0 fully saturated rings. The van der Waals surface area contributed by atoms with Crippen LogP contribution in [0.5, 0.6) is 0 Å². The van der Waals surface area contributed by atoms with Crippen molar-refractivity contribution in [2.45, 2.75) is 6.18 Å². The average molecular weight is 270 g/mol. The highest BCUT2D eigenvalue weighted by atomic mass is 19.4. The van der Waals surface area contributed by atoms with Crippen LogP contribution < -0.4 is 5.32 Å². The summed E-state index contributed by atoms with van der Waals surface area (Å²) in [7, 11) is 1.25. The highest BCUT2D eigenvalue weighted by molar-refractivity contribution is 5.95. The van der Waals surface area contributed by atoms with Crippen LogP contribution in [0, 0.1) is 0 Å². The first-order valence-electron chi connectivity index (χ1n) is 5.24. The number of rotatable bonds is 2. The second kappa shape index (κ2) is 4.71. The minimum absolute atomic E-state index is 0.00928. The minimum Gasteiger partial charge on any atom is -0.355 e. The van der Waals surface area contributed by atoms with Gasteiger partial charge >= 0.3 is 6.18 Å². The zero-order chi connectivity index (χ0) is 14.0. The van der Waals surface area contributed by atoms with E-state index in [2.05, 4.69) is 15.4 Å². The van der Waals surface area contributed by atoms with Gasteiger partial charge in [0.05, 0.1) is 11.8 Å². The molecule has 0 bridgehead atoms. The third-order valence-electron chi connectivity index (χ3n) is 2.38. The SMILES string of the molecule is CNC(=O)c1cnn(-c2ccccn2)c1C(F)(F)F. The maximum absolute atomic E-state index is 13.1. The van der Waals surface area contributed by atoms with Crippen molar-refractivity contribution >= 4 is 5.91 Å². The number of hydrogen-bond donors (Lipinski definition) is 1. The van der Waals surface area contributed by atoms with E-state index in [0.29, 0.717) is 4.68 Å². The normalized spacial score (nSPS) is 11.4. The molecule has 8 heteroatoms. The average Bonchev–Trinajstić information content (AvgIpc) is 2.83. The first-order chi connectivity index (χ1) is 8.95. The minimum atomic E-state index is -4.71. The number of nitrogens with one attached hydrogen (secondary N) is 1. The van der Waals surface area contributed by atoms with Gasteiger partial charge in [0.25, 0.3) is 5.91 Å². The van der Waals surface area contributed by atoms with Crippen molar-refractivity contribution in [3.63, 3.8) is 0 Å². The molecule has 0 radical (unpaired) electrons. The molecule has 100 valence electrons. The van der Waals surface area contributed by atoms with Crippen molar-refractivity contribution < 1.29 is 18.0 Å². The number of alkyl halides is 3. The molecule has 0 unspecified atom stereocenters. The molecule has 2 heterocycles. The van der Waals surface area contributed by atoms with Crippen LogP contribution in [0.1, 0.15) is 16.1 Å². The van der Waals surface area contributed by atoms with Crippen molar-refractivity contribution in [3.8, 4) is 5.82 Å². The van der Waals surface area contributed by atoms with Crippen molar-refractivity contribution in [1.82, 2.24) is 20.1 Å². The predicted molar refractivity (Wildman–Crippen MR) is 59.8 cm³/mol. The summed E-state index contributed by atoms with van der Waals surface area (Å²) in [5, 5.41) is 5.74. The van der Waals surface area contributed by atoms with Crippen LogP contribution in [0.2, 0.25) is 0 Å². The summed E-state index contributed by atoms with van der Waals surface area (Å²) in [4.78, 5) is 15.2. The van der Waals surface area contributed by atoms with Crippen LogP contribution in [0.4, 0.5) is 13.2 Å². The quantitative estimate of drug-likeness (QED) is 0.902. The number of halogens is 3. The number of pyridine rings is 1. The van der Waals surface area contributed by atoms with Crippen LogP contribution in [-0.4, -0.2) is 27.7 Å². The van der Waals surface area contributed by atoms with E-state index in [0.717, 1.165) is 6.20 Å². The van der Waals surface area contributed by atoms with Gasteiger partial charge in [0.1, 0.15) is 0 Å².